The Labute approximate surface area is 186 Å². The lowest BCUT2D eigenvalue weighted by atomic mass is 10.2. The standard InChI is InChI=1S/C21H17BrF3NO4S/c1-29-18-10-8-17(9-11-18)26(14-15-5-3-2-4-6-15)31(27,28)20-12-7-16(22)13-19(20)30-21(23,24)25/h2-13H,14H2,1H3. The lowest BCUT2D eigenvalue weighted by Crippen LogP contribution is -2.31. The Hall–Kier alpha value is -2.72. The first kappa shape index (κ1) is 23.0. The van der Waals surface area contributed by atoms with Gasteiger partial charge < -0.3 is 9.47 Å². The molecule has 0 aliphatic carbocycles. The van der Waals surface area contributed by atoms with Crippen LogP contribution < -0.4 is 13.8 Å². The van der Waals surface area contributed by atoms with E-state index in [0.29, 0.717) is 11.3 Å². The second kappa shape index (κ2) is 9.19. The number of halogens is 4. The number of sulfonamides is 1. The molecule has 10 heteroatoms. The maximum atomic E-state index is 13.5. The molecule has 164 valence electrons. The topological polar surface area (TPSA) is 55.8 Å². The first-order chi connectivity index (χ1) is 14.6. The molecule has 3 aromatic rings. The Kier molecular flexibility index (Phi) is 6.80. The van der Waals surface area contributed by atoms with Crippen molar-refractivity contribution in [2.75, 3.05) is 11.4 Å². The first-order valence-electron chi connectivity index (χ1n) is 8.86. The molecule has 3 aromatic carbocycles. The van der Waals surface area contributed by atoms with E-state index in [1.165, 1.54) is 25.3 Å². The van der Waals surface area contributed by atoms with Crippen molar-refractivity contribution in [2.24, 2.45) is 0 Å². The number of ether oxygens (including phenoxy) is 2. The highest BCUT2D eigenvalue weighted by molar-refractivity contribution is 9.10. The molecule has 0 N–H and O–H groups in total. The van der Waals surface area contributed by atoms with Gasteiger partial charge in [0.2, 0.25) is 0 Å². The zero-order valence-corrected chi connectivity index (χ0v) is 18.5. The van der Waals surface area contributed by atoms with Crippen LogP contribution in [0.3, 0.4) is 0 Å². The molecule has 0 fully saturated rings. The minimum atomic E-state index is -5.06. The summed E-state index contributed by atoms with van der Waals surface area (Å²) in [7, 11) is -2.98. The fourth-order valence-electron chi connectivity index (χ4n) is 2.83. The maximum Gasteiger partial charge on any atom is 0.573 e. The van der Waals surface area contributed by atoms with E-state index < -0.39 is 27.0 Å². The first-order valence-corrected chi connectivity index (χ1v) is 11.1. The Morgan fingerprint density at radius 2 is 1.61 bits per heavy atom. The van der Waals surface area contributed by atoms with Gasteiger partial charge in [0.05, 0.1) is 19.3 Å². The average molecular weight is 516 g/mol. The van der Waals surface area contributed by atoms with Crippen molar-refractivity contribution in [2.45, 2.75) is 17.8 Å². The molecule has 0 atom stereocenters. The second-order valence-electron chi connectivity index (χ2n) is 6.33. The number of anilines is 1. The van der Waals surface area contributed by atoms with Crippen LogP contribution >= 0.6 is 15.9 Å². The summed E-state index contributed by atoms with van der Waals surface area (Å²) in [6.07, 6.45) is -5.06. The number of nitrogens with zero attached hydrogens (tertiary/aromatic N) is 1. The summed E-state index contributed by atoms with van der Waals surface area (Å²) in [5.41, 5.74) is 0.905. The number of hydrogen-bond donors (Lipinski definition) is 0. The largest absolute Gasteiger partial charge is 0.573 e. The van der Waals surface area contributed by atoms with Crippen LogP contribution in [0, 0.1) is 0 Å². The van der Waals surface area contributed by atoms with Gasteiger partial charge >= 0.3 is 6.36 Å². The molecule has 0 bridgehead atoms. The number of benzene rings is 3. The molecule has 0 radical (unpaired) electrons. The molecule has 0 spiro atoms. The number of alkyl halides is 3. The van der Waals surface area contributed by atoms with E-state index in [4.69, 9.17) is 4.74 Å². The van der Waals surface area contributed by atoms with E-state index >= 15 is 0 Å². The van der Waals surface area contributed by atoms with E-state index in [1.807, 2.05) is 0 Å². The molecule has 0 aliphatic heterocycles. The average Bonchev–Trinajstić information content (AvgIpc) is 2.71. The van der Waals surface area contributed by atoms with Crippen molar-refractivity contribution < 1.29 is 31.1 Å². The molecule has 0 heterocycles. The predicted octanol–water partition coefficient (Wildman–Crippen LogP) is 5.75. The third-order valence-electron chi connectivity index (χ3n) is 4.23. The minimum Gasteiger partial charge on any atom is -0.497 e. The molecule has 0 unspecified atom stereocenters. The normalized spacial score (nSPS) is 11.8. The third kappa shape index (κ3) is 5.71. The van der Waals surface area contributed by atoms with Crippen LogP contribution in [0.15, 0.2) is 82.2 Å². The molecule has 3 rings (SSSR count). The summed E-state index contributed by atoms with van der Waals surface area (Å²) in [5.74, 6) is -0.320. The highest BCUT2D eigenvalue weighted by Gasteiger charge is 2.36. The van der Waals surface area contributed by atoms with Crippen molar-refractivity contribution >= 4 is 31.6 Å². The Morgan fingerprint density at radius 1 is 0.968 bits per heavy atom. The van der Waals surface area contributed by atoms with Gasteiger partial charge in [0.15, 0.2) is 5.75 Å². The van der Waals surface area contributed by atoms with E-state index in [1.54, 1.807) is 42.5 Å². The Morgan fingerprint density at radius 3 is 2.19 bits per heavy atom. The van der Waals surface area contributed by atoms with Gasteiger partial charge in [-0.05, 0) is 48.0 Å². The van der Waals surface area contributed by atoms with Crippen molar-refractivity contribution in [3.05, 3.63) is 82.8 Å². The molecular formula is C21H17BrF3NO4S. The summed E-state index contributed by atoms with van der Waals surface area (Å²) in [6.45, 7) is -0.100. The van der Waals surface area contributed by atoms with Gasteiger partial charge in [-0.25, -0.2) is 8.42 Å². The van der Waals surface area contributed by atoms with Gasteiger partial charge in [-0.15, -0.1) is 13.2 Å². The molecule has 0 aromatic heterocycles. The molecule has 0 saturated carbocycles. The van der Waals surface area contributed by atoms with Crippen LogP contribution in [-0.4, -0.2) is 21.9 Å². The van der Waals surface area contributed by atoms with Gasteiger partial charge in [-0.1, -0.05) is 46.3 Å². The van der Waals surface area contributed by atoms with Crippen molar-refractivity contribution in [1.82, 2.24) is 0 Å². The summed E-state index contributed by atoms with van der Waals surface area (Å²) in [6, 6.07) is 18.3. The van der Waals surface area contributed by atoms with Crippen molar-refractivity contribution in [1.29, 1.82) is 0 Å². The smallest absolute Gasteiger partial charge is 0.497 e. The van der Waals surface area contributed by atoms with Crippen LogP contribution in [0.5, 0.6) is 11.5 Å². The van der Waals surface area contributed by atoms with E-state index in [9.17, 15) is 21.6 Å². The summed E-state index contributed by atoms with van der Waals surface area (Å²) < 4.78 is 76.3. The highest BCUT2D eigenvalue weighted by Crippen LogP contribution is 2.36. The Bertz CT molecular complexity index is 1140. The molecule has 5 nitrogen and oxygen atoms in total. The molecule has 0 amide bonds. The van der Waals surface area contributed by atoms with Gasteiger partial charge in [-0.2, -0.15) is 0 Å². The monoisotopic (exact) mass is 515 g/mol. The zero-order chi connectivity index (χ0) is 22.6. The van der Waals surface area contributed by atoms with Crippen LogP contribution in [0.1, 0.15) is 5.56 Å². The van der Waals surface area contributed by atoms with Crippen LogP contribution in [0.4, 0.5) is 18.9 Å². The van der Waals surface area contributed by atoms with Gasteiger partial charge in [0.1, 0.15) is 10.6 Å². The van der Waals surface area contributed by atoms with Crippen LogP contribution in [0.2, 0.25) is 0 Å². The minimum absolute atomic E-state index is 0.100. The summed E-state index contributed by atoms with van der Waals surface area (Å²) >= 11 is 3.05. The second-order valence-corrected chi connectivity index (χ2v) is 9.08. The van der Waals surface area contributed by atoms with Gasteiger partial charge in [0, 0.05) is 4.47 Å². The number of rotatable bonds is 7. The van der Waals surface area contributed by atoms with Crippen molar-refractivity contribution in [3.8, 4) is 11.5 Å². The third-order valence-corrected chi connectivity index (χ3v) is 6.54. The van der Waals surface area contributed by atoms with Gasteiger partial charge in [0.25, 0.3) is 10.0 Å². The SMILES string of the molecule is COc1ccc(N(Cc2ccccc2)S(=O)(=O)c2ccc(Br)cc2OC(F)(F)F)cc1. The van der Waals surface area contributed by atoms with E-state index in [0.717, 1.165) is 16.4 Å². The summed E-state index contributed by atoms with van der Waals surface area (Å²) in [4.78, 5) is -0.611. The molecular weight excluding hydrogens is 499 g/mol. The van der Waals surface area contributed by atoms with E-state index in [-0.39, 0.29) is 16.7 Å². The molecule has 0 saturated heterocycles. The Balaban J connectivity index is 2.13. The zero-order valence-electron chi connectivity index (χ0n) is 16.1. The van der Waals surface area contributed by atoms with Crippen molar-refractivity contribution in [3.63, 3.8) is 0 Å². The van der Waals surface area contributed by atoms with Crippen LogP contribution in [-0.2, 0) is 16.6 Å². The molecule has 0 aliphatic rings. The number of methoxy groups -OCH3 is 1. The lowest BCUT2D eigenvalue weighted by molar-refractivity contribution is -0.275. The van der Waals surface area contributed by atoms with Crippen LogP contribution in [0.25, 0.3) is 0 Å². The summed E-state index contributed by atoms with van der Waals surface area (Å²) in [5, 5.41) is 0. The number of hydrogen-bond acceptors (Lipinski definition) is 4. The lowest BCUT2D eigenvalue weighted by Gasteiger charge is -2.26. The highest BCUT2D eigenvalue weighted by atomic mass is 79.9. The van der Waals surface area contributed by atoms with E-state index in [2.05, 4.69) is 20.7 Å². The fourth-order valence-corrected chi connectivity index (χ4v) is 4.72. The molecule has 31 heavy (non-hydrogen) atoms. The predicted molar refractivity (Wildman–Crippen MR) is 114 cm³/mol. The van der Waals surface area contributed by atoms with Gasteiger partial charge in [-0.3, -0.25) is 4.31 Å². The fraction of sp³-hybridized carbons (Fsp3) is 0.143. The quantitative estimate of drug-likeness (QED) is 0.401. The maximum absolute atomic E-state index is 13.5.